The lowest BCUT2D eigenvalue weighted by Gasteiger charge is -2.26. The van der Waals surface area contributed by atoms with Gasteiger partial charge in [0.25, 0.3) is 5.91 Å². The van der Waals surface area contributed by atoms with Gasteiger partial charge in [0.1, 0.15) is 10.9 Å². The van der Waals surface area contributed by atoms with Crippen LogP contribution in [0.3, 0.4) is 0 Å². The van der Waals surface area contributed by atoms with E-state index >= 15 is 0 Å². The Kier molecular flexibility index (Phi) is 6.12. The Labute approximate surface area is 205 Å². The summed E-state index contributed by atoms with van der Waals surface area (Å²) in [5.74, 6) is -1.05. The summed E-state index contributed by atoms with van der Waals surface area (Å²) in [4.78, 5) is 31.2. The molecule has 1 N–H and O–H groups in total. The van der Waals surface area contributed by atoms with E-state index in [1.807, 2.05) is 24.5 Å². The average Bonchev–Trinajstić information content (AvgIpc) is 3.36. The van der Waals surface area contributed by atoms with Crippen LogP contribution in [0.15, 0.2) is 46.0 Å². The van der Waals surface area contributed by atoms with E-state index in [0.29, 0.717) is 37.0 Å². The van der Waals surface area contributed by atoms with Crippen molar-refractivity contribution in [3.8, 4) is 5.69 Å². The molecule has 9 nitrogen and oxygen atoms in total. The van der Waals surface area contributed by atoms with Gasteiger partial charge in [-0.25, -0.2) is 4.39 Å². The minimum atomic E-state index is -0.541. The summed E-state index contributed by atoms with van der Waals surface area (Å²) in [6.07, 6.45) is 1.69. The molecule has 0 atom stereocenters. The van der Waals surface area contributed by atoms with Gasteiger partial charge in [-0.1, -0.05) is 6.07 Å². The number of morpholine rings is 1. The van der Waals surface area contributed by atoms with Crippen molar-refractivity contribution in [3.05, 3.63) is 58.7 Å². The van der Waals surface area contributed by atoms with Gasteiger partial charge < -0.3 is 14.2 Å². The van der Waals surface area contributed by atoms with Crippen LogP contribution in [0.25, 0.3) is 11.8 Å². The normalized spacial score (nSPS) is 19.2. The second-order valence-corrected chi connectivity index (χ2v) is 9.37. The zero-order valence-corrected chi connectivity index (χ0v) is 20.1. The number of hydrogen-bond acceptors (Lipinski definition) is 6. The fraction of sp³-hybridized carbons (Fsp3) is 0.292. The number of amides is 2. The number of halogens is 1. The summed E-state index contributed by atoms with van der Waals surface area (Å²) in [7, 11) is 0. The third-order valence-electron chi connectivity index (χ3n) is 6.00. The number of rotatable bonds is 4. The molecular formula is C24H23FN6O3S. The molecule has 35 heavy (non-hydrogen) atoms. The van der Waals surface area contributed by atoms with Crippen LogP contribution >= 0.6 is 11.8 Å². The summed E-state index contributed by atoms with van der Waals surface area (Å²) in [6.45, 7) is 5.86. The Morgan fingerprint density at radius 3 is 2.77 bits per heavy atom. The first kappa shape index (κ1) is 23.2. The minimum absolute atomic E-state index is 0.0709. The number of aryl methyl sites for hydroxylation is 1. The number of nitrogens with one attached hydrogen (secondary N) is 1. The summed E-state index contributed by atoms with van der Waals surface area (Å²) >= 11 is 1.13. The van der Waals surface area contributed by atoms with Crippen LogP contribution in [0.1, 0.15) is 23.4 Å². The number of nitrogens with zero attached hydrogens (tertiary/aromatic N) is 5. The van der Waals surface area contributed by atoms with Crippen molar-refractivity contribution in [2.45, 2.75) is 20.3 Å². The third-order valence-corrected chi connectivity index (χ3v) is 6.91. The molecule has 3 aliphatic heterocycles. The Morgan fingerprint density at radius 2 is 2.03 bits per heavy atom. The maximum atomic E-state index is 13.8. The monoisotopic (exact) mass is 494 g/mol. The van der Waals surface area contributed by atoms with Crippen LogP contribution in [0.4, 0.5) is 4.39 Å². The summed E-state index contributed by atoms with van der Waals surface area (Å²) in [5.41, 5.74) is 3.14. The molecular weight excluding hydrogens is 471 g/mol. The predicted octanol–water partition coefficient (Wildman–Crippen LogP) is 3.10. The Hall–Kier alpha value is -3.57. The van der Waals surface area contributed by atoms with Crippen molar-refractivity contribution in [2.75, 3.05) is 26.3 Å². The highest BCUT2D eigenvalue weighted by Gasteiger charge is 2.36. The molecule has 0 saturated carbocycles. The molecule has 1 saturated heterocycles. The van der Waals surface area contributed by atoms with E-state index < -0.39 is 5.91 Å². The Balaban J connectivity index is 1.40. The number of aromatic nitrogens is 1. The van der Waals surface area contributed by atoms with Crippen molar-refractivity contribution in [1.29, 1.82) is 5.41 Å². The molecule has 0 aliphatic carbocycles. The summed E-state index contributed by atoms with van der Waals surface area (Å²) < 4.78 is 21.0. The molecule has 4 heterocycles. The SMILES string of the molecule is Cc1cc(C=C2C(=N)N3N=C(CC(=O)N4CCOCC4)SC3=NC2=O)c(C)n1-c1cccc(F)c1. The van der Waals surface area contributed by atoms with Crippen LogP contribution in [0.2, 0.25) is 0 Å². The molecule has 2 aromatic rings. The lowest BCUT2D eigenvalue weighted by atomic mass is 10.1. The van der Waals surface area contributed by atoms with Gasteiger partial charge in [-0.2, -0.15) is 15.1 Å². The number of carbonyl (C=O) groups excluding carboxylic acids is 2. The number of amidine groups is 2. The highest BCUT2D eigenvalue weighted by Crippen LogP contribution is 2.31. The smallest absolute Gasteiger partial charge is 0.283 e. The lowest BCUT2D eigenvalue weighted by Crippen LogP contribution is -2.41. The van der Waals surface area contributed by atoms with Gasteiger partial charge in [0.2, 0.25) is 11.1 Å². The second kappa shape index (κ2) is 9.23. The Bertz CT molecular complexity index is 1340. The molecule has 5 rings (SSSR count). The van der Waals surface area contributed by atoms with Gasteiger partial charge >= 0.3 is 0 Å². The van der Waals surface area contributed by atoms with E-state index in [1.165, 1.54) is 17.1 Å². The predicted molar refractivity (Wildman–Crippen MR) is 132 cm³/mol. The summed E-state index contributed by atoms with van der Waals surface area (Å²) in [5, 5.41) is 15.1. The lowest BCUT2D eigenvalue weighted by molar-refractivity contribution is -0.133. The largest absolute Gasteiger partial charge is 0.378 e. The van der Waals surface area contributed by atoms with Gasteiger partial charge in [0, 0.05) is 30.2 Å². The first-order chi connectivity index (χ1) is 16.8. The van der Waals surface area contributed by atoms with Gasteiger partial charge in [0.15, 0.2) is 5.84 Å². The quantitative estimate of drug-likeness (QED) is 0.658. The van der Waals surface area contributed by atoms with Gasteiger partial charge in [-0.15, -0.1) is 0 Å². The molecule has 1 aromatic heterocycles. The molecule has 2 amide bonds. The molecule has 1 fully saturated rings. The van der Waals surface area contributed by atoms with Crippen molar-refractivity contribution >= 4 is 45.7 Å². The number of ether oxygens (including phenoxy) is 1. The maximum absolute atomic E-state index is 13.8. The van der Waals surface area contributed by atoms with Crippen LogP contribution in [0.5, 0.6) is 0 Å². The van der Waals surface area contributed by atoms with E-state index in [9.17, 15) is 14.0 Å². The van der Waals surface area contributed by atoms with Gasteiger partial charge in [0.05, 0.1) is 25.2 Å². The first-order valence-corrected chi connectivity index (χ1v) is 11.9. The van der Waals surface area contributed by atoms with Gasteiger partial charge in [-0.3, -0.25) is 15.0 Å². The molecule has 11 heteroatoms. The fourth-order valence-corrected chi connectivity index (χ4v) is 5.13. The van der Waals surface area contributed by atoms with Gasteiger partial charge in [-0.05, 0) is 61.5 Å². The number of aliphatic imine (C=N–C) groups is 1. The van der Waals surface area contributed by atoms with Crippen molar-refractivity contribution < 1.29 is 18.7 Å². The zero-order chi connectivity index (χ0) is 24.7. The number of hydrazone groups is 1. The van der Waals surface area contributed by atoms with Crippen LogP contribution < -0.4 is 0 Å². The third kappa shape index (κ3) is 4.44. The molecule has 0 radical (unpaired) electrons. The van der Waals surface area contributed by atoms with E-state index in [4.69, 9.17) is 10.1 Å². The van der Waals surface area contributed by atoms with E-state index in [1.54, 1.807) is 23.1 Å². The van der Waals surface area contributed by atoms with Crippen LogP contribution in [0, 0.1) is 25.1 Å². The zero-order valence-electron chi connectivity index (χ0n) is 19.2. The number of hydrogen-bond donors (Lipinski definition) is 1. The highest BCUT2D eigenvalue weighted by atomic mass is 32.2. The van der Waals surface area contributed by atoms with Crippen LogP contribution in [-0.4, -0.2) is 68.6 Å². The molecule has 0 spiro atoms. The molecule has 180 valence electrons. The molecule has 1 aromatic carbocycles. The topological polar surface area (TPSA) is 103 Å². The highest BCUT2D eigenvalue weighted by molar-refractivity contribution is 8.27. The molecule has 0 unspecified atom stereocenters. The standard InChI is InChI=1S/C24H23FN6O3S/c1-14-10-16(15(2)30(14)18-5-3-4-17(25)12-18)11-19-22(26)31-24(27-23(19)33)35-20(28-31)13-21(32)29-6-8-34-9-7-29/h3-5,10-12,26H,6-9,13H2,1-2H3. The molecule has 0 bridgehead atoms. The number of carbonyl (C=O) groups is 2. The van der Waals surface area contributed by atoms with E-state index in [0.717, 1.165) is 28.7 Å². The van der Waals surface area contributed by atoms with E-state index in [2.05, 4.69) is 10.1 Å². The van der Waals surface area contributed by atoms with Crippen molar-refractivity contribution in [2.24, 2.45) is 10.1 Å². The van der Waals surface area contributed by atoms with Crippen LogP contribution in [-0.2, 0) is 14.3 Å². The maximum Gasteiger partial charge on any atom is 0.283 e. The second-order valence-electron chi connectivity index (χ2n) is 8.33. The summed E-state index contributed by atoms with van der Waals surface area (Å²) in [6, 6.07) is 8.15. The minimum Gasteiger partial charge on any atom is -0.378 e. The van der Waals surface area contributed by atoms with E-state index in [-0.39, 0.29) is 34.7 Å². The fourth-order valence-electron chi connectivity index (χ4n) is 4.26. The first-order valence-electron chi connectivity index (χ1n) is 11.1. The number of benzene rings is 1. The molecule has 3 aliphatic rings. The Morgan fingerprint density at radius 1 is 1.26 bits per heavy atom. The average molecular weight is 495 g/mol. The number of thioether (sulfide) groups is 1. The number of fused-ring (bicyclic) bond motifs is 1. The van der Waals surface area contributed by atoms with Crippen molar-refractivity contribution in [3.63, 3.8) is 0 Å². The van der Waals surface area contributed by atoms with Crippen molar-refractivity contribution in [1.82, 2.24) is 14.5 Å².